The van der Waals surface area contributed by atoms with Crippen molar-refractivity contribution in [1.29, 1.82) is 0 Å². The number of carbonyl (C=O) groups is 1. The van der Waals surface area contributed by atoms with Crippen molar-refractivity contribution in [3.63, 3.8) is 0 Å². The first kappa shape index (κ1) is 21.6. The van der Waals surface area contributed by atoms with E-state index in [2.05, 4.69) is 27.5 Å². The Morgan fingerprint density at radius 2 is 1.91 bits per heavy atom. The van der Waals surface area contributed by atoms with Gasteiger partial charge in [-0.1, -0.05) is 35.3 Å². The molecule has 0 bridgehead atoms. The van der Waals surface area contributed by atoms with Gasteiger partial charge in [0.2, 0.25) is 5.95 Å². The Hall–Kier alpha value is -3.29. The number of hydrogen-bond donors (Lipinski definition) is 1. The van der Waals surface area contributed by atoms with Gasteiger partial charge >= 0.3 is 0 Å². The van der Waals surface area contributed by atoms with Crippen LogP contribution in [0, 0.1) is 0 Å². The smallest absolute Gasteiger partial charge is 0.293 e. The van der Waals surface area contributed by atoms with Crippen LogP contribution in [0.2, 0.25) is 10.0 Å². The van der Waals surface area contributed by atoms with Crippen LogP contribution >= 0.6 is 23.2 Å². The SMILES string of the molecule is O=C(Nc1ncn(Cc2c(Cl)cccc2Cl)n1)c1ccc(COc2ccc3c(c2)CCC3)o1. The number of fused-ring (bicyclic) bond motifs is 1. The van der Waals surface area contributed by atoms with Crippen molar-refractivity contribution in [3.8, 4) is 5.75 Å². The van der Waals surface area contributed by atoms with E-state index in [0.717, 1.165) is 24.2 Å². The van der Waals surface area contributed by atoms with Crippen molar-refractivity contribution in [1.82, 2.24) is 14.8 Å². The highest BCUT2D eigenvalue weighted by Crippen LogP contribution is 2.27. The zero-order chi connectivity index (χ0) is 22.8. The Kier molecular flexibility index (Phi) is 6.07. The summed E-state index contributed by atoms with van der Waals surface area (Å²) >= 11 is 12.4. The van der Waals surface area contributed by atoms with E-state index in [0.29, 0.717) is 22.4 Å². The number of rotatable bonds is 7. The second kappa shape index (κ2) is 9.29. The summed E-state index contributed by atoms with van der Waals surface area (Å²) in [5.74, 6) is 1.19. The van der Waals surface area contributed by atoms with E-state index in [1.54, 1.807) is 35.0 Å². The van der Waals surface area contributed by atoms with Crippen LogP contribution < -0.4 is 10.1 Å². The summed E-state index contributed by atoms with van der Waals surface area (Å²) in [6.45, 7) is 0.559. The summed E-state index contributed by atoms with van der Waals surface area (Å²) in [5, 5.41) is 7.95. The third-order valence-electron chi connectivity index (χ3n) is 5.48. The average molecular weight is 483 g/mol. The molecule has 168 valence electrons. The summed E-state index contributed by atoms with van der Waals surface area (Å²) < 4.78 is 13.0. The highest BCUT2D eigenvalue weighted by atomic mass is 35.5. The first-order valence-corrected chi connectivity index (χ1v) is 11.3. The van der Waals surface area contributed by atoms with Crippen molar-refractivity contribution in [2.24, 2.45) is 0 Å². The standard InChI is InChI=1S/C24H20Cl2N4O3/c25-20-5-2-6-21(26)19(20)12-30-14-27-24(29-30)28-23(31)22-10-9-18(33-22)13-32-17-8-7-15-3-1-4-16(15)11-17/h2,5-11,14H,1,3-4,12-13H2,(H,28,29,31). The zero-order valence-corrected chi connectivity index (χ0v) is 19.1. The van der Waals surface area contributed by atoms with Gasteiger partial charge in [-0.2, -0.15) is 0 Å². The Morgan fingerprint density at radius 3 is 2.76 bits per heavy atom. The molecule has 0 radical (unpaired) electrons. The number of nitrogens with one attached hydrogen (secondary N) is 1. The third-order valence-corrected chi connectivity index (χ3v) is 6.19. The van der Waals surface area contributed by atoms with Crippen molar-refractivity contribution >= 4 is 35.1 Å². The highest BCUT2D eigenvalue weighted by molar-refractivity contribution is 6.35. The molecule has 0 unspecified atom stereocenters. The molecule has 0 atom stereocenters. The number of ether oxygens (including phenoxy) is 1. The van der Waals surface area contributed by atoms with Crippen LogP contribution in [0.15, 0.2) is 59.3 Å². The lowest BCUT2D eigenvalue weighted by atomic mass is 10.1. The molecule has 4 aromatic rings. The first-order chi connectivity index (χ1) is 16.0. The topological polar surface area (TPSA) is 82.2 Å². The number of hydrogen-bond acceptors (Lipinski definition) is 5. The molecule has 1 aliphatic carbocycles. The molecule has 1 amide bonds. The quantitative estimate of drug-likeness (QED) is 0.373. The van der Waals surface area contributed by atoms with E-state index in [1.807, 2.05) is 6.07 Å². The molecule has 1 N–H and O–H groups in total. The number of carbonyl (C=O) groups excluding carboxylic acids is 1. The Bertz CT molecular complexity index is 1290. The predicted molar refractivity (Wildman–Crippen MR) is 125 cm³/mol. The molecule has 7 nitrogen and oxygen atoms in total. The van der Waals surface area contributed by atoms with Gasteiger partial charge < -0.3 is 9.15 Å². The van der Waals surface area contributed by atoms with E-state index in [9.17, 15) is 4.79 Å². The van der Waals surface area contributed by atoms with Crippen LogP contribution in [0.3, 0.4) is 0 Å². The zero-order valence-electron chi connectivity index (χ0n) is 17.6. The summed E-state index contributed by atoms with van der Waals surface area (Å²) in [7, 11) is 0. The van der Waals surface area contributed by atoms with Crippen LogP contribution in [-0.4, -0.2) is 20.7 Å². The van der Waals surface area contributed by atoms with Crippen LogP contribution in [0.25, 0.3) is 0 Å². The highest BCUT2D eigenvalue weighted by Gasteiger charge is 2.16. The molecular weight excluding hydrogens is 463 g/mol. The van der Waals surface area contributed by atoms with E-state index in [4.69, 9.17) is 32.4 Å². The number of benzene rings is 2. The van der Waals surface area contributed by atoms with Crippen LogP contribution in [-0.2, 0) is 26.0 Å². The van der Waals surface area contributed by atoms with E-state index >= 15 is 0 Å². The van der Waals surface area contributed by atoms with Crippen molar-refractivity contribution < 1.29 is 13.9 Å². The van der Waals surface area contributed by atoms with E-state index < -0.39 is 5.91 Å². The second-order valence-electron chi connectivity index (χ2n) is 7.76. The maximum Gasteiger partial charge on any atom is 0.293 e. The lowest BCUT2D eigenvalue weighted by Crippen LogP contribution is -2.12. The molecule has 0 saturated carbocycles. The van der Waals surface area contributed by atoms with Crippen LogP contribution in [0.4, 0.5) is 5.95 Å². The van der Waals surface area contributed by atoms with Crippen LogP contribution in [0.5, 0.6) is 5.75 Å². The molecule has 2 aromatic heterocycles. The predicted octanol–water partition coefficient (Wildman–Crippen LogP) is 5.55. The monoisotopic (exact) mass is 482 g/mol. The number of aryl methyl sites for hydroxylation is 2. The van der Waals surface area contributed by atoms with Gasteiger partial charge in [0.1, 0.15) is 24.4 Å². The number of nitrogens with zero attached hydrogens (tertiary/aromatic N) is 3. The lowest BCUT2D eigenvalue weighted by Gasteiger charge is -2.06. The molecule has 2 aromatic carbocycles. The summed E-state index contributed by atoms with van der Waals surface area (Å²) in [6, 6.07) is 14.8. The number of amides is 1. The van der Waals surface area contributed by atoms with Crippen molar-refractivity contribution in [2.45, 2.75) is 32.4 Å². The second-order valence-corrected chi connectivity index (χ2v) is 8.57. The third kappa shape index (κ3) is 4.89. The minimum atomic E-state index is -0.452. The molecular formula is C24H20Cl2N4O3. The van der Waals surface area contributed by atoms with Gasteiger partial charge in [-0.25, -0.2) is 9.67 Å². The van der Waals surface area contributed by atoms with Gasteiger partial charge in [-0.15, -0.1) is 5.10 Å². The van der Waals surface area contributed by atoms with Gasteiger partial charge in [-0.05, 0) is 66.8 Å². The van der Waals surface area contributed by atoms with Gasteiger partial charge in [0.05, 0.1) is 6.54 Å². The Balaban J connectivity index is 1.18. The van der Waals surface area contributed by atoms with Crippen LogP contribution in [0.1, 0.15) is 39.4 Å². The average Bonchev–Trinajstić information content (AvgIpc) is 3.55. The molecule has 5 rings (SSSR count). The largest absolute Gasteiger partial charge is 0.486 e. The van der Waals surface area contributed by atoms with Crippen molar-refractivity contribution in [2.75, 3.05) is 5.32 Å². The lowest BCUT2D eigenvalue weighted by molar-refractivity contribution is 0.0991. The fourth-order valence-electron chi connectivity index (χ4n) is 3.81. The number of anilines is 1. The van der Waals surface area contributed by atoms with E-state index in [1.165, 1.54) is 23.9 Å². The molecule has 0 saturated heterocycles. The van der Waals surface area contributed by atoms with Gasteiger partial charge in [0, 0.05) is 15.6 Å². The molecule has 9 heteroatoms. The van der Waals surface area contributed by atoms with Crippen molar-refractivity contribution in [3.05, 3.63) is 93.1 Å². The molecule has 2 heterocycles. The fourth-order valence-corrected chi connectivity index (χ4v) is 4.32. The fraction of sp³-hybridized carbons (Fsp3) is 0.208. The maximum atomic E-state index is 12.5. The number of furan rings is 1. The summed E-state index contributed by atoms with van der Waals surface area (Å²) in [4.78, 5) is 16.6. The Labute approximate surface area is 200 Å². The minimum Gasteiger partial charge on any atom is -0.486 e. The number of aromatic nitrogens is 3. The van der Waals surface area contributed by atoms with Gasteiger partial charge in [0.25, 0.3) is 5.91 Å². The summed E-state index contributed by atoms with van der Waals surface area (Å²) in [5.41, 5.74) is 3.46. The minimum absolute atomic E-state index is 0.146. The molecule has 0 fully saturated rings. The van der Waals surface area contributed by atoms with Gasteiger partial charge in [0.15, 0.2) is 5.76 Å². The summed E-state index contributed by atoms with van der Waals surface area (Å²) in [6.07, 6.45) is 4.91. The van der Waals surface area contributed by atoms with E-state index in [-0.39, 0.29) is 18.3 Å². The normalized spacial score (nSPS) is 12.5. The van der Waals surface area contributed by atoms with Gasteiger partial charge in [-0.3, -0.25) is 10.1 Å². The molecule has 33 heavy (non-hydrogen) atoms. The number of halogens is 2. The Morgan fingerprint density at radius 1 is 1.09 bits per heavy atom. The first-order valence-electron chi connectivity index (χ1n) is 10.5. The molecule has 0 spiro atoms. The maximum absolute atomic E-state index is 12.5. The molecule has 0 aliphatic heterocycles. The molecule has 1 aliphatic rings.